The number of aromatic nitrogens is 1. The molecule has 134 valence electrons. The van der Waals surface area contributed by atoms with Crippen LogP contribution in [-0.4, -0.2) is 16.8 Å². The molecule has 3 aromatic rings. The summed E-state index contributed by atoms with van der Waals surface area (Å²) in [6, 6.07) is 11.4. The molecular weight excluding hydrogens is 333 g/mol. The number of hydrogen-bond acceptors (Lipinski definition) is 2. The Morgan fingerprint density at radius 2 is 1.73 bits per heavy atom. The largest absolute Gasteiger partial charge is 0.361 e. The van der Waals surface area contributed by atoms with Crippen LogP contribution in [0.4, 0.5) is 15.8 Å². The Morgan fingerprint density at radius 1 is 1.04 bits per heavy atom. The van der Waals surface area contributed by atoms with Gasteiger partial charge in [-0.3, -0.25) is 9.59 Å². The normalized spacial score (nSPS) is 11.4. The zero-order valence-corrected chi connectivity index (χ0v) is 14.8. The summed E-state index contributed by atoms with van der Waals surface area (Å²) in [5.74, 6) is -0.769. The second-order valence-electron chi connectivity index (χ2n) is 6.73. The van der Waals surface area contributed by atoms with Gasteiger partial charge in [0.15, 0.2) is 0 Å². The van der Waals surface area contributed by atoms with Crippen LogP contribution in [0.3, 0.4) is 0 Å². The third-order valence-corrected chi connectivity index (χ3v) is 4.33. The summed E-state index contributed by atoms with van der Waals surface area (Å²) in [5, 5.41) is 6.22. The van der Waals surface area contributed by atoms with Gasteiger partial charge in [-0.2, -0.15) is 0 Å². The first-order valence-electron chi connectivity index (χ1n) is 8.23. The molecule has 2 aromatic carbocycles. The van der Waals surface area contributed by atoms with Crippen LogP contribution >= 0.6 is 0 Å². The van der Waals surface area contributed by atoms with Gasteiger partial charge in [-0.15, -0.1) is 0 Å². The highest BCUT2D eigenvalue weighted by Crippen LogP contribution is 2.32. The Hall–Kier alpha value is -3.15. The molecule has 5 nitrogen and oxygen atoms in total. The van der Waals surface area contributed by atoms with Crippen LogP contribution in [0.15, 0.2) is 48.7 Å². The van der Waals surface area contributed by atoms with Crippen molar-refractivity contribution in [3.8, 4) is 0 Å². The van der Waals surface area contributed by atoms with Gasteiger partial charge in [0.25, 0.3) is 0 Å². The fourth-order valence-corrected chi connectivity index (χ4v) is 2.90. The lowest BCUT2D eigenvalue weighted by Crippen LogP contribution is -2.34. The third kappa shape index (κ3) is 3.44. The minimum atomic E-state index is -0.893. The summed E-state index contributed by atoms with van der Waals surface area (Å²) in [5.41, 5.74) is 1.76. The van der Waals surface area contributed by atoms with E-state index in [4.69, 9.17) is 0 Å². The van der Waals surface area contributed by atoms with Gasteiger partial charge in [0, 0.05) is 35.4 Å². The molecule has 1 aromatic heterocycles. The molecule has 3 rings (SSSR count). The highest BCUT2D eigenvalue weighted by atomic mass is 19.1. The van der Waals surface area contributed by atoms with Crippen LogP contribution in [0.25, 0.3) is 10.9 Å². The van der Waals surface area contributed by atoms with Gasteiger partial charge in [-0.05, 0) is 55.8 Å². The van der Waals surface area contributed by atoms with Crippen molar-refractivity contribution in [2.24, 2.45) is 0 Å². The summed E-state index contributed by atoms with van der Waals surface area (Å²) in [4.78, 5) is 27.1. The first kappa shape index (κ1) is 17.7. The topological polar surface area (TPSA) is 74.0 Å². The lowest BCUT2D eigenvalue weighted by atomic mass is 9.83. The smallest absolute Gasteiger partial charge is 0.234 e. The Morgan fingerprint density at radius 3 is 2.42 bits per heavy atom. The van der Waals surface area contributed by atoms with Gasteiger partial charge in [-0.1, -0.05) is 6.07 Å². The third-order valence-electron chi connectivity index (χ3n) is 4.33. The fourth-order valence-electron chi connectivity index (χ4n) is 2.90. The molecule has 0 saturated heterocycles. The van der Waals surface area contributed by atoms with Crippen molar-refractivity contribution < 1.29 is 14.0 Å². The fraction of sp³-hybridized carbons (Fsp3) is 0.200. The molecule has 0 fully saturated rings. The molecule has 2 amide bonds. The number of benzene rings is 2. The molecule has 6 heteroatoms. The lowest BCUT2D eigenvalue weighted by Gasteiger charge is -2.23. The van der Waals surface area contributed by atoms with Crippen molar-refractivity contribution in [3.05, 3.63) is 60.0 Å². The zero-order valence-electron chi connectivity index (χ0n) is 14.8. The maximum Gasteiger partial charge on any atom is 0.234 e. The molecular formula is C20H20FN3O2. The quantitative estimate of drug-likeness (QED) is 0.658. The van der Waals surface area contributed by atoms with Crippen LogP contribution in [0, 0.1) is 5.82 Å². The predicted molar refractivity (Wildman–Crippen MR) is 101 cm³/mol. The summed E-state index contributed by atoms with van der Waals surface area (Å²) in [6.45, 7) is 4.99. The zero-order chi connectivity index (χ0) is 18.9. The van der Waals surface area contributed by atoms with Crippen LogP contribution in [0.1, 0.15) is 26.3 Å². The van der Waals surface area contributed by atoms with E-state index < -0.39 is 5.41 Å². The number of nitrogens with one attached hydrogen (secondary N) is 3. The number of hydrogen-bond donors (Lipinski definition) is 3. The number of aromatic amines is 1. The molecule has 3 N–H and O–H groups in total. The van der Waals surface area contributed by atoms with E-state index in [1.54, 1.807) is 50.4 Å². The van der Waals surface area contributed by atoms with E-state index in [2.05, 4.69) is 15.6 Å². The van der Waals surface area contributed by atoms with Gasteiger partial charge < -0.3 is 15.6 Å². The van der Waals surface area contributed by atoms with Gasteiger partial charge in [-0.25, -0.2) is 4.39 Å². The van der Waals surface area contributed by atoms with Crippen molar-refractivity contribution in [2.45, 2.75) is 26.2 Å². The molecule has 0 radical (unpaired) electrons. The van der Waals surface area contributed by atoms with Crippen LogP contribution in [0.5, 0.6) is 0 Å². The van der Waals surface area contributed by atoms with Crippen molar-refractivity contribution in [3.63, 3.8) is 0 Å². The second kappa shape index (κ2) is 6.63. The first-order chi connectivity index (χ1) is 12.3. The number of amides is 2. The molecule has 0 spiro atoms. The summed E-state index contributed by atoms with van der Waals surface area (Å²) in [6.07, 6.45) is 1.73. The van der Waals surface area contributed by atoms with Gasteiger partial charge >= 0.3 is 0 Å². The van der Waals surface area contributed by atoms with E-state index in [9.17, 15) is 14.0 Å². The Labute approximate surface area is 150 Å². The maximum atomic E-state index is 13.6. The molecule has 0 aliphatic carbocycles. The maximum absolute atomic E-state index is 13.6. The minimum absolute atomic E-state index is 0.186. The van der Waals surface area contributed by atoms with Crippen molar-refractivity contribution in [1.82, 2.24) is 4.98 Å². The van der Waals surface area contributed by atoms with E-state index >= 15 is 0 Å². The van der Waals surface area contributed by atoms with E-state index in [-0.39, 0.29) is 17.6 Å². The Balaban J connectivity index is 1.88. The molecule has 0 unspecified atom stereocenters. The predicted octanol–water partition coefficient (Wildman–Crippen LogP) is 4.18. The SMILES string of the molecule is CC(=O)Nc1cccc(NC(=O)C(C)(C)c2c[nH]c3ccc(F)cc23)c1. The van der Waals surface area contributed by atoms with E-state index in [0.717, 1.165) is 5.52 Å². The monoisotopic (exact) mass is 353 g/mol. The van der Waals surface area contributed by atoms with Gasteiger partial charge in [0.1, 0.15) is 5.82 Å². The average Bonchev–Trinajstić information content (AvgIpc) is 2.98. The summed E-state index contributed by atoms with van der Waals surface area (Å²) >= 11 is 0. The molecule has 0 aliphatic heterocycles. The van der Waals surface area contributed by atoms with Crippen LogP contribution in [0.2, 0.25) is 0 Å². The van der Waals surface area contributed by atoms with Crippen LogP contribution < -0.4 is 10.6 Å². The number of fused-ring (bicyclic) bond motifs is 1. The lowest BCUT2D eigenvalue weighted by molar-refractivity contribution is -0.120. The molecule has 0 saturated carbocycles. The number of rotatable bonds is 4. The molecule has 26 heavy (non-hydrogen) atoms. The van der Waals surface area contributed by atoms with Gasteiger partial charge in [0.2, 0.25) is 11.8 Å². The Kier molecular flexibility index (Phi) is 4.50. The van der Waals surface area contributed by atoms with Crippen molar-refractivity contribution in [2.75, 3.05) is 10.6 Å². The van der Waals surface area contributed by atoms with Crippen molar-refractivity contribution >= 4 is 34.1 Å². The summed E-state index contributed by atoms with van der Waals surface area (Å²) in [7, 11) is 0. The van der Waals surface area contributed by atoms with E-state index in [0.29, 0.717) is 22.3 Å². The standard InChI is InChI=1S/C20H20FN3O2/c1-12(25)23-14-5-4-6-15(10-14)24-19(26)20(2,3)17-11-22-18-8-7-13(21)9-16(17)18/h4-11,22H,1-3H3,(H,23,25)(H,24,26). The number of H-pyrrole nitrogens is 1. The Bertz CT molecular complexity index is 992. The van der Waals surface area contributed by atoms with E-state index in [1.165, 1.54) is 19.1 Å². The molecule has 0 aliphatic rings. The number of carbonyl (C=O) groups excluding carboxylic acids is 2. The average molecular weight is 353 g/mol. The molecule has 0 bridgehead atoms. The highest BCUT2D eigenvalue weighted by molar-refractivity contribution is 6.02. The minimum Gasteiger partial charge on any atom is -0.361 e. The van der Waals surface area contributed by atoms with Gasteiger partial charge in [0.05, 0.1) is 5.41 Å². The first-order valence-corrected chi connectivity index (χ1v) is 8.23. The highest BCUT2D eigenvalue weighted by Gasteiger charge is 2.32. The summed E-state index contributed by atoms with van der Waals surface area (Å²) < 4.78 is 13.6. The van der Waals surface area contributed by atoms with E-state index in [1.807, 2.05) is 0 Å². The van der Waals surface area contributed by atoms with Crippen molar-refractivity contribution in [1.29, 1.82) is 0 Å². The number of halogens is 1. The number of anilines is 2. The molecule has 0 atom stereocenters. The number of carbonyl (C=O) groups is 2. The molecule has 1 heterocycles. The second-order valence-corrected chi connectivity index (χ2v) is 6.73. The van der Waals surface area contributed by atoms with Crippen LogP contribution in [-0.2, 0) is 15.0 Å².